The highest BCUT2D eigenvalue weighted by molar-refractivity contribution is 5.71. The number of esters is 3. The molecule has 0 aliphatic carbocycles. The van der Waals surface area contributed by atoms with Gasteiger partial charge in [-0.1, -0.05) is 327 Å². The van der Waals surface area contributed by atoms with Crippen LogP contribution in [0.5, 0.6) is 0 Å². The lowest BCUT2D eigenvalue weighted by Crippen LogP contribution is -2.30. The van der Waals surface area contributed by atoms with Gasteiger partial charge >= 0.3 is 17.9 Å². The first-order valence-corrected chi connectivity index (χ1v) is 33.5. The minimum absolute atomic E-state index is 0.0689. The Kier molecular flexibility index (Phi) is 62.1. The third-order valence-corrected chi connectivity index (χ3v) is 15.1. The van der Waals surface area contributed by atoms with Crippen LogP contribution in [0, 0.1) is 0 Å². The first kappa shape index (κ1) is 72.6. The van der Waals surface area contributed by atoms with Crippen molar-refractivity contribution >= 4 is 17.9 Å². The largest absolute Gasteiger partial charge is 0.462 e. The van der Waals surface area contributed by atoms with Crippen LogP contribution in [0.3, 0.4) is 0 Å². The Bertz CT molecular complexity index is 1250. The normalized spacial score (nSPS) is 12.2. The van der Waals surface area contributed by atoms with Gasteiger partial charge in [-0.3, -0.25) is 14.4 Å². The number of carbonyl (C=O) groups is 3. The van der Waals surface area contributed by atoms with Gasteiger partial charge in [-0.15, -0.1) is 0 Å². The van der Waals surface area contributed by atoms with E-state index in [9.17, 15) is 14.4 Å². The third kappa shape index (κ3) is 62.4. The summed E-state index contributed by atoms with van der Waals surface area (Å²) < 4.78 is 16.8. The van der Waals surface area contributed by atoms with Crippen LogP contribution in [0.1, 0.15) is 367 Å². The number of allylic oxidation sites excluding steroid dienone is 6. The number of hydrogen-bond acceptors (Lipinski definition) is 6. The molecule has 0 heterocycles. The van der Waals surface area contributed by atoms with Crippen molar-refractivity contribution in [2.24, 2.45) is 0 Å². The number of unbranched alkanes of at least 4 members (excludes halogenated alkanes) is 45. The van der Waals surface area contributed by atoms with E-state index in [0.717, 1.165) is 77.0 Å². The molecule has 0 amide bonds. The predicted octanol–water partition coefficient (Wildman–Crippen LogP) is 22.8. The molecule has 75 heavy (non-hydrogen) atoms. The van der Waals surface area contributed by atoms with Crippen molar-refractivity contribution in [3.05, 3.63) is 36.5 Å². The molecule has 0 aromatic rings. The summed E-state index contributed by atoms with van der Waals surface area (Å²) in [5.41, 5.74) is 0. The number of carbonyl (C=O) groups excluding carboxylic acids is 3. The lowest BCUT2D eigenvalue weighted by atomic mass is 10.0. The molecule has 6 heteroatoms. The van der Waals surface area contributed by atoms with E-state index in [0.29, 0.717) is 19.3 Å². The maximum absolute atomic E-state index is 12.8. The highest BCUT2D eigenvalue weighted by Crippen LogP contribution is 2.18. The summed E-state index contributed by atoms with van der Waals surface area (Å²) >= 11 is 0. The zero-order valence-corrected chi connectivity index (χ0v) is 50.6. The van der Waals surface area contributed by atoms with Crippen molar-refractivity contribution in [1.29, 1.82) is 0 Å². The van der Waals surface area contributed by atoms with Crippen molar-refractivity contribution in [1.82, 2.24) is 0 Å². The average molecular weight is 1050 g/mol. The summed E-state index contributed by atoms with van der Waals surface area (Å²) in [4.78, 5) is 38.0. The SMILES string of the molecule is CCCCCCC/C=C\C/C=C\C/C=C\CCCCCCCCCCCCCCC(=O)OCC(COC(=O)CCCCCCC)OC(=O)CCCCCCCCCCCCCCCCCCCCCCCCCCC. The van der Waals surface area contributed by atoms with Crippen molar-refractivity contribution in [3.8, 4) is 0 Å². The topological polar surface area (TPSA) is 78.9 Å². The molecular weight excluding hydrogens is 925 g/mol. The second-order valence-corrected chi connectivity index (χ2v) is 22.7. The molecule has 0 spiro atoms. The molecule has 0 aliphatic rings. The van der Waals surface area contributed by atoms with Crippen LogP contribution in [0.15, 0.2) is 36.5 Å². The minimum Gasteiger partial charge on any atom is -0.462 e. The van der Waals surface area contributed by atoms with E-state index in [1.807, 2.05) is 0 Å². The van der Waals surface area contributed by atoms with Gasteiger partial charge < -0.3 is 14.2 Å². The highest BCUT2D eigenvalue weighted by Gasteiger charge is 2.19. The second-order valence-electron chi connectivity index (χ2n) is 22.7. The lowest BCUT2D eigenvalue weighted by Gasteiger charge is -2.18. The predicted molar refractivity (Wildman–Crippen MR) is 326 cm³/mol. The average Bonchev–Trinajstić information content (AvgIpc) is 3.41. The Hall–Kier alpha value is -2.37. The summed E-state index contributed by atoms with van der Waals surface area (Å²) in [6.07, 6.45) is 79.3. The Morgan fingerprint density at radius 3 is 0.747 bits per heavy atom. The van der Waals surface area contributed by atoms with Gasteiger partial charge in [-0.25, -0.2) is 0 Å². The van der Waals surface area contributed by atoms with Gasteiger partial charge in [0, 0.05) is 19.3 Å². The molecule has 0 aromatic heterocycles. The molecule has 0 bridgehead atoms. The molecule has 6 nitrogen and oxygen atoms in total. The standard InChI is InChI=1S/C69H128O6/c1-4-7-10-13-15-17-19-21-23-25-27-29-31-33-34-36-37-39-41-43-45-47-49-51-53-56-59-62-68(71)74-65-66(64-73-67(70)61-58-55-12-9-6-3)75-69(72)63-60-57-54-52-50-48-46-44-42-40-38-35-32-30-28-26-24-22-20-18-16-14-11-8-5-2/h19,21,25,27,31,33,66H,4-18,20,22-24,26,28-30,32,34-65H2,1-3H3/b21-19-,27-25-,33-31-. The molecule has 0 radical (unpaired) electrons. The summed E-state index contributed by atoms with van der Waals surface area (Å²) in [6, 6.07) is 0. The van der Waals surface area contributed by atoms with Crippen LogP contribution >= 0.6 is 0 Å². The Morgan fingerprint density at radius 1 is 0.267 bits per heavy atom. The molecule has 0 fully saturated rings. The van der Waals surface area contributed by atoms with E-state index in [-0.39, 0.29) is 31.1 Å². The van der Waals surface area contributed by atoms with Crippen LogP contribution in [0.2, 0.25) is 0 Å². The number of hydrogen-bond donors (Lipinski definition) is 0. The van der Waals surface area contributed by atoms with Crippen LogP contribution < -0.4 is 0 Å². The van der Waals surface area contributed by atoms with Gasteiger partial charge in [-0.2, -0.15) is 0 Å². The van der Waals surface area contributed by atoms with Crippen LogP contribution in [-0.2, 0) is 28.6 Å². The minimum atomic E-state index is -0.767. The molecule has 0 saturated heterocycles. The van der Waals surface area contributed by atoms with Crippen molar-refractivity contribution in [3.63, 3.8) is 0 Å². The Morgan fingerprint density at radius 2 is 0.480 bits per heavy atom. The quantitative estimate of drug-likeness (QED) is 0.0261. The van der Waals surface area contributed by atoms with E-state index in [4.69, 9.17) is 14.2 Å². The Balaban J connectivity index is 3.97. The fourth-order valence-corrected chi connectivity index (χ4v) is 10.1. The van der Waals surface area contributed by atoms with Crippen molar-refractivity contribution < 1.29 is 28.6 Å². The lowest BCUT2D eigenvalue weighted by molar-refractivity contribution is -0.167. The van der Waals surface area contributed by atoms with Gasteiger partial charge in [-0.05, 0) is 57.8 Å². The van der Waals surface area contributed by atoms with Gasteiger partial charge in [0.05, 0.1) is 0 Å². The van der Waals surface area contributed by atoms with Crippen molar-refractivity contribution in [2.75, 3.05) is 13.2 Å². The summed E-state index contributed by atoms with van der Waals surface area (Å²) in [7, 11) is 0. The van der Waals surface area contributed by atoms with Crippen molar-refractivity contribution in [2.45, 2.75) is 374 Å². The van der Waals surface area contributed by atoms with E-state index >= 15 is 0 Å². The number of rotatable bonds is 62. The molecule has 0 N–H and O–H groups in total. The maximum atomic E-state index is 12.8. The van der Waals surface area contributed by atoms with Gasteiger partial charge in [0.2, 0.25) is 0 Å². The monoisotopic (exact) mass is 1050 g/mol. The van der Waals surface area contributed by atoms with E-state index in [1.165, 1.54) is 250 Å². The zero-order valence-electron chi connectivity index (χ0n) is 50.6. The molecule has 0 aliphatic heterocycles. The molecule has 1 atom stereocenters. The van der Waals surface area contributed by atoms with Crippen LogP contribution in [0.4, 0.5) is 0 Å². The Labute approximate surface area is 467 Å². The smallest absolute Gasteiger partial charge is 0.306 e. The highest BCUT2D eigenvalue weighted by atomic mass is 16.6. The fraction of sp³-hybridized carbons (Fsp3) is 0.870. The summed E-state index contributed by atoms with van der Waals surface area (Å²) in [6.45, 7) is 6.61. The number of ether oxygens (including phenoxy) is 3. The third-order valence-electron chi connectivity index (χ3n) is 15.1. The van der Waals surface area contributed by atoms with E-state index in [2.05, 4.69) is 57.2 Å². The van der Waals surface area contributed by atoms with E-state index in [1.54, 1.807) is 0 Å². The van der Waals surface area contributed by atoms with E-state index < -0.39 is 6.10 Å². The summed E-state index contributed by atoms with van der Waals surface area (Å²) in [5.74, 6) is -0.861. The molecular formula is C69H128O6. The van der Waals surface area contributed by atoms with Crippen LogP contribution in [0.25, 0.3) is 0 Å². The van der Waals surface area contributed by atoms with Gasteiger partial charge in [0.25, 0.3) is 0 Å². The molecule has 0 aromatic carbocycles. The zero-order chi connectivity index (χ0) is 54.3. The second kappa shape index (κ2) is 64.2. The summed E-state index contributed by atoms with van der Waals surface area (Å²) in [5, 5.41) is 0. The maximum Gasteiger partial charge on any atom is 0.306 e. The van der Waals surface area contributed by atoms with Gasteiger partial charge in [0.15, 0.2) is 6.10 Å². The first-order chi connectivity index (χ1) is 37.0. The molecule has 0 rings (SSSR count). The van der Waals surface area contributed by atoms with Crippen LogP contribution in [-0.4, -0.2) is 37.2 Å². The molecule has 1 unspecified atom stereocenters. The fourth-order valence-electron chi connectivity index (χ4n) is 10.1. The molecule has 0 saturated carbocycles. The first-order valence-electron chi connectivity index (χ1n) is 33.5. The van der Waals surface area contributed by atoms with Gasteiger partial charge in [0.1, 0.15) is 13.2 Å². The molecule has 440 valence electrons.